The molecular weight excluding hydrogens is 512 g/mol. The van der Waals surface area contributed by atoms with Gasteiger partial charge in [0.1, 0.15) is 23.0 Å². The number of halogens is 1. The summed E-state index contributed by atoms with van der Waals surface area (Å²) >= 11 is 6.59. The molecular formula is C28H37ClN2O7. The van der Waals surface area contributed by atoms with E-state index in [4.69, 9.17) is 25.8 Å². The van der Waals surface area contributed by atoms with Crippen molar-refractivity contribution in [3.05, 3.63) is 46.5 Å². The Bertz CT molecular complexity index is 1150. The van der Waals surface area contributed by atoms with Crippen LogP contribution in [0.25, 0.3) is 0 Å². The van der Waals surface area contributed by atoms with Crippen molar-refractivity contribution in [3.8, 4) is 5.75 Å². The maximum atomic E-state index is 13.2. The molecule has 2 aliphatic heterocycles. The molecule has 4 rings (SSSR count). The van der Waals surface area contributed by atoms with E-state index >= 15 is 0 Å². The molecule has 1 saturated carbocycles. The Kier molecular flexibility index (Phi) is 8.14. The average molecular weight is 549 g/mol. The number of anilines is 1. The summed E-state index contributed by atoms with van der Waals surface area (Å²) in [5.74, 6) is 0.198. The molecule has 38 heavy (non-hydrogen) atoms. The van der Waals surface area contributed by atoms with Crippen LogP contribution in [0.4, 0.5) is 10.5 Å². The number of benzene rings is 1. The summed E-state index contributed by atoms with van der Waals surface area (Å²) in [7, 11) is 4.63. The predicted octanol–water partition coefficient (Wildman–Crippen LogP) is 3.74. The van der Waals surface area contributed by atoms with Crippen molar-refractivity contribution >= 4 is 29.3 Å². The largest absolute Gasteiger partial charge is 0.495 e. The van der Waals surface area contributed by atoms with Crippen LogP contribution < -0.4 is 15.0 Å². The minimum Gasteiger partial charge on any atom is -0.495 e. The van der Waals surface area contributed by atoms with E-state index in [2.05, 4.69) is 5.32 Å². The number of nitrogens with zero attached hydrogens (tertiary/aromatic N) is 1. The van der Waals surface area contributed by atoms with Crippen LogP contribution in [0.15, 0.2) is 35.9 Å². The van der Waals surface area contributed by atoms with Gasteiger partial charge in [0.2, 0.25) is 5.91 Å². The van der Waals surface area contributed by atoms with Crippen molar-refractivity contribution in [1.29, 1.82) is 0 Å². The molecule has 2 amide bonds. The fourth-order valence-electron chi connectivity index (χ4n) is 5.60. The van der Waals surface area contributed by atoms with Gasteiger partial charge in [-0.15, -0.1) is 0 Å². The Morgan fingerprint density at radius 3 is 2.66 bits per heavy atom. The zero-order chi connectivity index (χ0) is 27.8. The molecule has 2 heterocycles. The first-order chi connectivity index (χ1) is 17.9. The zero-order valence-corrected chi connectivity index (χ0v) is 23.2. The van der Waals surface area contributed by atoms with Gasteiger partial charge in [0, 0.05) is 20.6 Å². The minimum atomic E-state index is -1.66. The maximum absolute atomic E-state index is 13.2. The molecule has 9 nitrogen and oxygen atoms in total. The molecule has 1 aromatic carbocycles. The molecule has 1 aliphatic carbocycles. The molecule has 6 atom stereocenters. The Morgan fingerprint density at radius 1 is 1.24 bits per heavy atom. The molecule has 5 unspecified atom stereocenters. The van der Waals surface area contributed by atoms with Crippen LogP contribution in [0.5, 0.6) is 5.75 Å². The fraction of sp³-hybridized carbons (Fsp3) is 0.571. The number of hydrogen-bond acceptors (Lipinski definition) is 7. The lowest BCUT2D eigenvalue weighted by Crippen LogP contribution is -2.62. The standard InChI is InChI=1S/C28H37ClN2O7/c1-16-7-6-8-23(37-5)28(35)15-19(38-26(34)30-28)12-18-14-27(18,2)22(32)13-24(33)31(3)20-10-17(9-16)11-21(36-4)25(20)29/h6-8,10-11,18-19,22-23,32,35H,9,12-15H2,1-5H3,(H,30,34)/b8-6+,16-7+/t18?,19?,22?,23?,27?,28-/m0/s1. The molecule has 2 fully saturated rings. The lowest BCUT2D eigenvalue weighted by atomic mass is 9.90. The van der Waals surface area contributed by atoms with Gasteiger partial charge in [-0.2, -0.15) is 0 Å². The number of aliphatic hydroxyl groups excluding tert-OH is 1. The molecule has 3 N–H and O–H groups in total. The Balaban J connectivity index is 1.72. The van der Waals surface area contributed by atoms with Crippen molar-refractivity contribution in [2.75, 3.05) is 26.2 Å². The van der Waals surface area contributed by atoms with Gasteiger partial charge in [0.05, 0.1) is 25.3 Å². The summed E-state index contributed by atoms with van der Waals surface area (Å²) in [6, 6.07) is 3.68. The summed E-state index contributed by atoms with van der Waals surface area (Å²) < 4.78 is 16.5. The number of carbonyl (C=O) groups excluding carboxylic acids is 2. The van der Waals surface area contributed by atoms with Crippen molar-refractivity contribution in [2.45, 2.75) is 70.0 Å². The van der Waals surface area contributed by atoms with Crippen molar-refractivity contribution in [1.82, 2.24) is 5.32 Å². The van der Waals surface area contributed by atoms with Gasteiger partial charge >= 0.3 is 6.09 Å². The Hall–Kier alpha value is -2.59. The van der Waals surface area contributed by atoms with Gasteiger partial charge in [-0.3, -0.25) is 10.1 Å². The third kappa shape index (κ3) is 5.71. The number of methoxy groups -OCH3 is 2. The highest BCUT2D eigenvalue weighted by Gasteiger charge is 2.57. The highest BCUT2D eigenvalue weighted by atomic mass is 35.5. The van der Waals surface area contributed by atoms with Crippen LogP contribution >= 0.6 is 11.6 Å². The number of amides is 2. The third-order valence-corrected chi connectivity index (χ3v) is 8.56. The van der Waals surface area contributed by atoms with Crippen molar-refractivity contribution in [3.63, 3.8) is 0 Å². The Morgan fingerprint density at radius 2 is 1.97 bits per heavy atom. The monoisotopic (exact) mass is 548 g/mol. The quantitative estimate of drug-likeness (QED) is 0.515. The maximum Gasteiger partial charge on any atom is 0.409 e. The van der Waals surface area contributed by atoms with Crippen LogP contribution in [0.3, 0.4) is 0 Å². The van der Waals surface area contributed by atoms with Gasteiger partial charge in [-0.05, 0) is 55.2 Å². The third-order valence-electron chi connectivity index (χ3n) is 8.18. The number of hydrogen-bond donors (Lipinski definition) is 3. The van der Waals surface area contributed by atoms with Crippen LogP contribution in [-0.2, 0) is 20.7 Å². The van der Waals surface area contributed by atoms with E-state index in [0.717, 1.165) is 11.1 Å². The number of nitrogens with one attached hydrogen (secondary N) is 1. The molecule has 0 aromatic heterocycles. The average Bonchev–Trinajstić information content (AvgIpc) is 3.51. The van der Waals surface area contributed by atoms with E-state index in [1.165, 1.54) is 19.1 Å². The number of carbonyl (C=O) groups is 2. The number of aliphatic hydroxyl groups is 2. The van der Waals surface area contributed by atoms with Gasteiger partial charge in [-0.1, -0.05) is 42.3 Å². The van der Waals surface area contributed by atoms with E-state index in [-0.39, 0.29) is 24.7 Å². The minimum absolute atomic E-state index is 0.0203. The summed E-state index contributed by atoms with van der Waals surface area (Å²) in [5.41, 5.74) is 0.210. The van der Waals surface area contributed by atoms with Gasteiger partial charge in [-0.25, -0.2) is 4.79 Å². The molecule has 1 saturated heterocycles. The first kappa shape index (κ1) is 28.4. The van der Waals surface area contributed by atoms with Crippen LogP contribution in [0.1, 0.15) is 45.1 Å². The summed E-state index contributed by atoms with van der Waals surface area (Å²) in [5, 5.41) is 25.3. The molecule has 10 heteroatoms. The van der Waals surface area contributed by atoms with Gasteiger partial charge in [0.25, 0.3) is 0 Å². The normalized spacial score (nSPS) is 36.3. The van der Waals surface area contributed by atoms with Gasteiger partial charge < -0.3 is 29.3 Å². The van der Waals surface area contributed by atoms with Crippen LogP contribution in [0, 0.1) is 11.3 Å². The van der Waals surface area contributed by atoms with Crippen molar-refractivity contribution < 1.29 is 34.0 Å². The lowest BCUT2D eigenvalue weighted by Gasteiger charge is -2.40. The summed E-state index contributed by atoms with van der Waals surface area (Å²) in [6.07, 6.45) is 4.09. The highest BCUT2D eigenvalue weighted by Crippen LogP contribution is 2.58. The smallest absolute Gasteiger partial charge is 0.409 e. The lowest BCUT2D eigenvalue weighted by molar-refractivity contribution is -0.135. The number of ether oxygens (including phenoxy) is 3. The predicted molar refractivity (Wildman–Crippen MR) is 143 cm³/mol. The number of rotatable bonds is 2. The first-order valence-corrected chi connectivity index (χ1v) is 13.2. The van der Waals surface area contributed by atoms with Gasteiger partial charge in [0.15, 0.2) is 5.72 Å². The van der Waals surface area contributed by atoms with Crippen LogP contribution in [-0.4, -0.2) is 67.5 Å². The second kappa shape index (κ2) is 10.9. The molecule has 0 spiro atoms. The number of fused-ring (bicyclic) bond motifs is 5. The summed E-state index contributed by atoms with van der Waals surface area (Å²) in [4.78, 5) is 27.1. The van der Waals surface area contributed by atoms with Crippen LogP contribution in [0.2, 0.25) is 5.02 Å². The second-order valence-corrected chi connectivity index (χ2v) is 11.3. The highest BCUT2D eigenvalue weighted by molar-refractivity contribution is 6.35. The van der Waals surface area contributed by atoms with E-state index < -0.39 is 35.5 Å². The Labute approximate surface area is 228 Å². The van der Waals surface area contributed by atoms with Crippen molar-refractivity contribution in [2.24, 2.45) is 11.3 Å². The molecule has 4 bridgehead atoms. The summed E-state index contributed by atoms with van der Waals surface area (Å²) in [6.45, 7) is 3.88. The SMILES string of the molecule is COc1cc2cc(c1Cl)N(C)C(=O)CC(O)C1(C)CC1CC1C[C@@](O)(NC(=O)O1)C(OC)/C=C/C=C(\C)C2. The molecule has 1 aromatic rings. The zero-order valence-electron chi connectivity index (χ0n) is 22.5. The number of allylic oxidation sites excluding steroid dienone is 3. The number of alkyl carbamates (subject to hydrolysis) is 1. The molecule has 3 aliphatic rings. The fourth-order valence-corrected chi connectivity index (χ4v) is 5.92. The molecule has 0 radical (unpaired) electrons. The second-order valence-electron chi connectivity index (χ2n) is 11.0. The van der Waals surface area contributed by atoms with E-state index in [1.807, 2.05) is 32.1 Å². The first-order valence-electron chi connectivity index (χ1n) is 12.8. The molecule has 208 valence electrons. The topological polar surface area (TPSA) is 118 Å². The van der Waals surface area contributed by atoms with E-state index in [0.29, 0.717) is 35.7 Å². The van der Waals surface area contributed by atoms with E-state index in [9.17, 15) is 19.8 Å². The van der Waals surface area contributed by atoms with E-state index in [1.54, 1.807) is 19.2 Å².